The zero-order valence-electron chi connectivity index (χ0n) is 22.0. The Bertz CT molecular complexity index is 1070. The van der Waals surface area contributed by atoms with Gasteiger partial charge >= 0.3 is 0 Å². The zero-order chi connectivity index (χ0) is 26.6. The summed E-state index contributed by atoms with van der Waals surface area (Å²) in [5, 5.41) is 22.6. The van der Waals surface area contributed by atoms with Crippen molar-refractivity contribution in [2.75, 3.05) is 26.8 Å². The molecule has 1 aliphatic carbocycles. The monoisotopic (exact) mass is 512 g/mol. The molecule has 0 bridgehead atoms. The number of rotatable bonds is 9. The Hall–Kier alpha value is -2.32. The Labute approximate surface area is 219 Å². The van der Waals surface area contributed by atoms with Crippen LogP contribution in [0, 0.1) is 24.6 Å². The van der Waals surface area contributed by atoms with Crippen LogP contribution in [0.15, 0.2) is 42.5 Å². The number of amides is 1. The van der Waals surface area contributed by atoms with Gasteiger partial charge in [-0.3, -0.25) is 4.79 Å². The number of carbonyl (C=O) groups excluding carboxylic acids is 1. The Morgan fingerprint density at radius 2 is 1.97 bits per heavy atom. The highest BCUT2D eigenvalue weighted by Crippen LogP contribution is 2.44. The number of aliphatic hydroxyl groups excluding tert-OH is 1. The van der Waals surface area contributed by atoms with Crippen molar-refractivity contribution in [2.45, 2.75) is 69.6 Å². The number of nitrogens with zero attached hydrogens (tertiary/aromatic N) is 1. The molecule has 1 heterocycles. The number of benzene rings is 2. The van der Waals surface area contributed by atoms with Gasteiger partial charge in [0.05, 0.1) is 11.7 Å². The number of hydrogen-bond donors (Lipinski definition) is 3. The molecule has 202 valence electrons. The van der Waals surface area contributed by atoms with Gasteiger partial charge in [-0.25, -0.2) is 4.39 Å². The fraction of sp³-hybridized carbons (Fsp3) is 0.567. The lowest BCUT2D eigenvalue weighted by Gasteiger charge is -2.44. The fourth-order valence-electron chi connectivity index (χ4n) is 6.22. The summed E-state index contributed by atoms with van der Waals surface area (Å²) in [7, 11) is 1.67. The Kier molecular flexibility index (Phi) is 9.01. The summed E-state index contributed by atoms with van der Waals surface area (Å²) < 4.78 is 20.3. The van der Waals surface area contributed by atoms with Gasteiger partial charge in [0.1, 0.15) is 5.82 Å². The van der Waals surface area contributed by atoms with Gasteiger partial charge in [0.2, 0.25) is 5.91 Å². The van der Waals surface area contributed by atoms with Crippen LogP contribution in [0.3, 0.4) is 0 Å². The van der Waals surface area contributed by atoms with E-state index in [1.807, 2.05) is 42.2 Å². The van der Waals surface area contributed by atoms with Crippen molar-refractivity contribution in [1.29, 1.82) is 0 Å². The molecule has 4 N–H and O–H groups in total. The normalized spacial score (nSPS) is 25.7. The van der Waals surface area contributed by atoms with Crippen LogP contribution in [-0.2, 0) is 15.1 Å². The molecule has 1 saturated carbocycles. The van der Waals surface area contributed by atoms with E-state index in [0.717, 1.165) is 31.2 Å². The first kappa shape index (κ1) is 27.7. The first-order valence-electron chi connectivity index (χ1n) is 13.5. The van der Waals surface area contributed by atoms with E-state index in [9.17, 15) is 15.0 Å². The highest BCUT2D eigenvalue weighted by atomic mass is 19.1. The van der Waals surface area contributed by atoms with Crippen molar-refractivity contribution in [3.8, 4) is 11.1 Å². The van der Waals surface area contributed by atoms with E-state index < -0.39 is 11.7 Å². The van der Waals surface area contributed by atoms with Gasteiger partial charge in [0.25, 0.3) is 0 Å². The molecule has 37 heavy (non-hydrogen) atoms. The molecular weight excluding hydrogens is 471 g/mol. The summed E-state index contributed by atoms with van der Waals surface area (Å²) in [4.78, 5) is 15.2. The van der Waals surface area contributed by atoms with E-state index in [1.165, 1.54) is 6.07 Å². The van der Waals surface area contributed by atoms with Crippen molar-refractivity contribution >= 4 is 5.91 Å². The number of aliphatic hydroxyl groups is 2. The summed E-state index contributed by atoms with van der Waals surface area (Å²) in [6.45, 7) is 3.58. The van der Waals surface area contributed by atoms with Crippen LogP contribution in [0.1, 0.15) is 56.1 Å². The smallest absolute Gasteiger partial charge is 0.225 e. The van der Waals surface area contributed by atoms with Crippen molar-refractivity contribution in [3.05, 3.63) is 59.4 Å². The number of piperidine rings is 1. The molecule has 0 radical (unpaired) electrons. The van der Waals surface area contributed by atoms with Crippen molar-refractivity contribution in [3.63, 3.8) is 0 Å². The Balaban J connectivity index is 1.67. The molecular formula is C30H41FN2O4. The predicted molar refractivity (Wildman–Crippen MR) is 142 cm³/mol. The number of aryl methyl sites for hydroxylation is 1. The highest BCUT2D eigenvalue weighted by molar-refractivity contribution is 5.79. The summed E-state index contributed by atoms with van der Waals surface area (Å²) in [6, 6.07) is 12.2. The van der Waals surface area contributed by atoms with Gasteiger partial charge in [-0.15, -0.1) is 0 Å². The molecule has 1 saturated heterocycles. The molecule has 2 aromatic carbocycles. The molecule has 6 nitrogen and oxygen atoms in total. The lowest BCUT2D eigenvalue weighted by atomic mass is 9.72. The average molecular weight is 513 g/mol. The highest BCUT2D eigenvalue weighted by Gasteiger charge is 2.44. The molecule has 0 aromatic heterocycles. The Morgan fingerprint density at radius 3 is 2.70 bits per heavy atom. The number of nitrogens with two attached hydrogens (primary N) is 1. The standard InChI is InChI=1S/C30H41FN2O4/c1-20-11-12-26(31)24(16-20)23-9-3-4-10-25(23)30(36,13-5-6-15-37-2)22-8-7-14-33(19-22)29(35)21-17-27(32)28(34)18-21/h3-4,9-12,16,21-22,27-28,34,36H,5-8,13-15,17-19,32H2,1-2H3/t21-,22+,27+,28-,30-/m0/s1. The van der Waals surface area contributed by atoms with E-state index in [0.29, 0.717) is 55.6 Å². The Morgan fingerprint density at radius 1 is 1.19 bits per heavy atom. The quantitative estimate of drug-likeness (QED) is 0.439. The molecule has 1 aliphatic heterocycles. The van der Waals surface area contributed by atoms with Gasteiger partial charge in [-0.05, 0) is 75.1 Å². The summed E-state index contributed by atoms with van der Waals surface area (Å²) >= 11 is 0. The SMILES string of the molecule is COCCCC[C@@](O)(c1ccccc1-c1cc(C)ccc1F)[C@@H]1CCCN(C(=O)[C@H]2C[C@@H](N)[C@@H](O)C2)C1. The first-order valence-corrected chi connectivity index (χ1v) is 13.5. The number of carbonyl (C=O) groups is 1. The van der Waals surface area contributed by atoms with Crippen LogP contribution < -0.4 is 5.73 Å². The third-order valence-electron chi connectivity index (χ3n) is 8.30. The van der Waals surface area contributed by atoms with E-state index in [1.54, 1.807) is 13.2 Å². The van der Waals surface area contributed by atoms with Gasteiger partial charge in [0, 0.05) is 50.2 Å². The third kappa shape index (κ3) is 6.06. The molecule has 0 unspecified atom stereocenters. The van der Waals surface area contributed by atoms with Crippen LogP contribution in [-0.4, -0.2) is 60.0 Å². The molecule has 1 amide bonds. The first-order chi connectivity index (χ1) is 17.7. The van der Waals surface area contributed by atoms with Gasteiger partial charge in [-0.1, -0.05) is 35.9 Å². The van der Waals surface area contributed by atoms with E-state index in [-0.39, 0.29) is 29.6 Å². The molecule has 0 spiro atoms. The maximum atomic E-state index is 15.0. The number of halogens is 1. The predicted octanol–water partition coefficient (Wildman–Crippen LogP) is 4.14. The molecule has 2 aliphatic rings. The second-order valence-electron chi connectivity index (χ2n) is 10.9. The van der Waals surface area contributed by atoms with Crippen LogP contribution in [0.4, 0.5) is 4.39 Å². The van der Waals surface area contributed by atoms with E-state index >= 15 is 4.39 Å². The second-order valence-corrected chi connectivity index (χ2v) is 10.9. The average Bonchev–Trinajstić information content (AvgIpc) is 3.25. The van der Waals surface area contributed by atoms with Crippen molar-refractivity contribution < 1.29 is 24.1 Å². The molecule has 2 fully saturated rings. The van der Waals surface area contributed by atoms with Crippen LogP contribution in [0.5, 0.6) is 0 Å². The van der Waals surface area contributed by atoms with Crippen molar-refractivity contribution in [2.24, 2.45) is 17.6 Å². The maximum absolute atomic E-state index is 15.0. The summed E-state index contributed by atoms with van der Waals surface area (Å²) in [5.41, 5.74) is 7.55. The lowest BCUT2D eigenvalue weighted by molar-refractivity contribution is -0.141. The molecule has 2 aromatic rings. The number of likely N-dealkylation sites (tertiary alicyclic amines) is 1. The molecule has 5 atom stereocenters. The minimum absolute atomic E-state index is 0.0106. The van der Waals surface area contributed by atoms with Gasteiger partial charge < -0.3 is 25.6 Å². The number of ether oxygens (including phenoxy) is 1. The maximum Gasteiger partial charge on any atom is 0.225 e. The lowest BCUT2D eigenvalue weighted by Crippen LogP contribution is -2.49. The number of methoxy groups -OCH3 is 1. The zero-order valence-corrected chi connectivity index (χ0v) is 22.0. The topological polar surface area (TPSA) is 96.0 Å². The van der Waals surface area contributed by atoms with E-state index in [2.05, 4.69) is 0 Å². The summed E-state index contributed by atoms with van der Waals surface area (Å²) in [5.74, 6) is -0.804. The summed E-state index contributed by atoms with van der Waals surface area (Å²) in [6.07, 6.45) is 3.79. The molecule has 7 heteroatoms. The molecule has 4 rings (SSSR count). The van der Waals surface area contributed by atoms with Gasteiger partial charge in [-0.2, -0.15) is 0 Å². The number of hydrogen-bond acceptors (Lipinski definition) is 5. The van der Waals surface area contributed by atoms with Gasteiger partial charge in [0.15, 0.2) is 0 Å². The van der Waals surface area contributed by atoms with E-state index in [4.69, 9.17) is 10.5 Å². The van der Waals surface area contributed by atoms with Crippen LogP contribution in [0.25, 0.3) is 11.1 Å². The minimum atomic E-state index is -1.24. The second kappa shape index (κ2) is 12.0. The van der Waals surface area contributed by atoms with Crippen molar-refractivity contribution in [1.82, 2.24) is 4.90 Å². The third-order valence-corrected chi connectivity index (χ3v) is 8.30. The fourth-order valence-corrected chi connectivity index (χ4v) is 6.22. The number of unbranched alkanes of at least 4 members (excludes halogenated alkanes) is 1. The van der Waals surface area contributed by atoms with Crippen LogP contribution >= 0.6 is 0 Å². The minimum Gasteiger partial charge on any atom is -0.391 e. The largest absolute Gasteiger partial charge is 0.391 e. The van der Waals surface area contributed by atoms with Crippen LogP contribution in [0.2, 0.25) is 0 Å².